The summed E-state index contributed by atoms with van der Waals surface area (Å²) in [6.45, 7) is 3.61. The van der Waals surface area contributed by atoms with Gasteiger partial charge in [-0.3, -0.25) is 0 Å². The first-order valence-corrected chi connectivity index (χ1v) is 5.07. The number of pyridine rings is 1. The molecule has 0 saturated carbocycles. The van der Waals surface area contributed by atoms with Crippen molar-refractivity contribution < 1.29 is 4.39 Å². The van der Waals surface area contributed by atoms with E-state index in [0.717, 1.165) is 11.1 Å². The number of aryl methyl sites for hydroxylation is 2. The molecule has 0 aliphatic heterocycles. The van der Waals surface area contributed by atoms with Crippen LogP contribution in [0.15, 0.2) is 30.5 Å². The number of anilines is 1. The normalized spacial score (nSPS) is 10.4. The molecule has 16 heavy (non-hydrogen) atoms. The van der Waals surface area contributed by atoms with Crippen molar-refractivity contribution >= 4 is 5.82 Å². The topological polar surface area (TPSA) is 38.9 Å². The molecular weight excluding hydrogens is 203 g/mol. The summed E-state index contributed by atoms with van der Waals surface area (Å²) in [5.74, 6) is 0.283. The summed E-state index contributed by atoms with van der Waals surface area (Å²) in [4.78, 5) is 4.04. The van der Waals surface area contributed by atoms with Crippen molar-refractivity contribution in [2.24, 2.45) is 0 Å². The summed E-state index contributed by atoms with van der Waals surface area (Å²) in [6.07, 6.45) is 1.60. The Labute approximate surface area is 93.9 Å². The number of nitrogens with two attached hydrogens (primary N) is 1. The maximum atomic E-state index is 13.9. The number of nitrogens with zero attached hydrogens (tertiary/aromatic N) is 1. The molecule has 0 aliphatic rings. The van der Waals surface area contributed by atoms with Crippen molar-refractivity contribution in [3.63, 3.8) is 0 Å². The molecular formula is C13H13FN2. The molecule has 1 aromatic heterocycles. The van der Waals surface area contributed by atoms with Crippen molar-refractivity contribution in [2.45, 2.75) is 13.8 Å². The number of hydrogen-bond acceptors (Lipinski definition) is 2. The lowest BCUT2D eigenvalue weighted by atomic mass is 10.0. The van der Waals surface area contributed by atoms with Crippen LogP contribution in [0.3, 0.4) is 0 Å². The zero-order valence-corrected chi connectivity index (χ0v) is 9.29. The Morgan fingerprint density at radius 3 is 2.62 bits per heavy atom. The van der Waals surface area contributed by atoms with Crippen LogP contribution in [0.4, 0.5) is 10.2 Å². The zero-order valence-electron chi connectivity index (χ0n) is 9.29. The van der Waals surface area contributed by atoms with E-state index < -0.39 is 0 Å². The van der Waals surface area contributed by atoms with E-state index in [1.807, 2.05) is 19.1 Å². The summed E-state index contributed by atoms with van der Waals surface area (Å²) in [5.41, 5.74) is 8.44. The predicted molar refractivity (Wildman–Crippen MR) is 63.5 cm³/mol. The Morgan fingerprint density at radius 2 is 1.94 bits per heavy atom. The van der Waals surface area contributed by atoms with E-state index in [1.165, 1.54) is 0 Å². The van der Waals surface area contributed by atoms with Crippen molar-refractivity contribution in [2.75, 3.05) is 5.73 Å². The lowest BCUT2D eigenvalue weighted by Crippen LogP contribution is -1.95. The fourth-order valence-electron chi connectivity index (χ4n) is 1.60. The highest BCUT2D eigenvalue weighted by molar-refractivity contribution is 5.66. The van der Waals surface area contributed by atoms with Crippen molar-refractivity contribution in [1.82, 2.24) is 4.98 Å². The van der Waals surface area contributed by atoms with Crippen LogP contribution in [0.1, 0.15) is 11.1 Å². The van der Waals surface area contributed by atoms with Gasteiger partial charge < -0.3 is 5.73 Å². The minimum absolute atomic E-state index is 0.200. The fraction of sp³-hybridized carbons (Fsp3) is 0.154. The number of halogens is 1. The molecule has 1 aromatic carbocycles. The lowest BCUT2D eigenvalue weighted by Gasteiger charge is -2.07. The smallest absolute Gasteiger partial charge is 0.133 e. The average Bonchev–Trinajstić information content (AvgIpc) is 2.26. The summed E-state index contributed by atoms with van der Waals surface area (Å²) in [6, 6.07) is 7.17. The highest BCUT2D eigenvalue weighted by Gasteiger charge is 2.08. The van der Waals surface area contributed by atoms with Gasteiger partial charge in [0.25, 0.3) is 0 Å². The van der Waals surface area contributed by atoms with E-state index in [1.54, 1.807) is 25.3 Å². The van der Waals surface area contributed by atoms with E-state index in [0.29, 0.717) is 16.9 Å². The number of aromatic nitrogens is 1. The second-order valence-corrected chi connectivity index (χ2v) is 3.86. The third kappa shape index (κ3) is 1.76. The summed E-state index contributed by atoms with van der Waals surface area (Å²) in [5, 5.41) is 0. The van der Waals surface area contributed by atoms with Crippen LogP contribution >= 0.6 is 0 Å². The number of rotatable bonds is 1. The monoisotopic (exact) mass is 216 g/mol. The maximum absolute atomic E-state index is 13.9. The standard InChI is InChI=1S/C13H13FN2/c1-8-4-3-5-11(12(8)14)10-6-9(2)13(15)16-7-10/h3-7H,1-2H3,(H2,15,16). The zero-order chi connectivity index (χ0) is 11.7. The van der Waals surface area contributed by atoms with Crippen LogP contribution in [-0.4, -0.2) is 4.98 Å². The summed E-state index contributed by atoms with van der Waals surface area (Å²) in [7, 11) is 0. The molecule has 0 saturated heterocycles. The molecule has 0 bridgehead atoms. The van der Waals surface area contributed by atoms with E-state index in [4.69, 9.17) is 5.73 Å². The minimum Gasteiger partial charge on any atom is -0.383 e. The van der Waals surface area contributed by atoms with Gasteiger partial charge in [-0.15, -0.1) is 0 Å². The molecule has 2 rings (SSSR count). The highest BCUT2D eigenvalue weighted by Crippen LogP contribution is 2.25. The van der Waals surface area contributed by atoms with Crippen molar-refractivity contribution in [3.8, 4) is 11.1 Å². The van der Waals surface area contributed by atoms with Crippen LogP contribution < -0.4 is 5.73 Å². The van der Waals surface area contributed by atoms with Gasteiger partial charge in [0, 0.05) is 17.3 Å². The van der Waals surface area contributed by atoms with Crippen LogP contribution in [0.2, 0.25) is 0 Å². The SMILES string of the molecule is Cc1cc(-c2cccc(C)c2F)cnc1N. The second-order valence-electron chi connectivity index (χ2n) is 3.86. The van der Waals surface area contributed by atoms with Crippen molar-refractivity contribution in [1.29, 1.82) is 0 Å². The first-order chi connectivity index (χ1) is 7.59. The molecule has 0 radical (unpaired) electrons. The van der Waals surface area contributed by atoms with E-state index in [9.17, 15) is 4.39 Å². The van der Waals surface area contributed by atoms with Gasteiger partial charge in [0.2, 0.25) is 0 Å². The van der Waals surface area contributed by atoms with Gasteiger partial charge in [0.1, 0.15) is 11.6 Å². The number of hydrogen-bond donors (Lipinski definition) is 1. The quantitative estimate of drug-likeness (QED) is 0.795. The first kappa shape index (κ1) is 10.6. The Bertz CT molecular complexity index is 535. The molecule has 2 nitrogen and oxygen atoms in total. The Morgan fingerprint density at radius 1 is 1.19 bits per heavy atom. The summed E-state index contributed by atoms with van der Waals surface area (Å²) < 4.78 is 13.9. The summed E-state index contributed by atoms with van der Waals surface area (Å²) >= 11 is 0. The van der Waals surface area contributed by atoms with E-state index in [-0.39, 0.29) is 5.82 Å². The van der Waals surface area contributed by atoms with E-state index in [2.05, 4.69) is 4.98 Å². The maximum Gasteiger partial charge on any atom is 0.133 e. The largest absolute Gasteiger partial charge is 0.383 e. The molecule has 0 fully saturated rings. The number of nitrogen functional groups attached to an aromatic ring is 1. The average molecular weight is 216 g/mol. The molecule has 3 heteroatoms. The highest BCUT2D eigenvalue weighted by atomic mass is 19.1. The van der Waals surface area contributed by atoms with Gasteiger partial charge in [-0.25, -0.2) is 9.37 Å². The molecule has 1 heterocycles. The van der Waals surface area contributed by atoms with Gasteiger partial charge in [0.15, 0.2) is 0 Å². The molecule has 0 atom stereocenters. The predicted octanol–water partition coefficient (Wildman–Crippen LogP) is 3.09. The lowest BCUT2D eigenvalue weighted by molar-refractivity contribution is 0.622. The van der Waals surface area contributed by atoms with Crippen LogP contribution in [-0.2, 0) is 0 Å². The van der Waals surface area contributed by atoms with Gasteiger partial charge >= 0.3 is 0 Å². The molecule has 0 spiro atoms. The minimum atomic E-state index is -0.200. The first-order valence-electron chi connectivity index (χ1n) is 5.07. The van der Waals surface area contributed by atoms with Crippen LogP contribution in [0.25, 0.3) is 11.1 Å². The van der Waals surface area contributed by atoms with Gasteiger partial charge in [-0.05, 0) is 31.0 Å². The number of benzene rings is 1. The Hall–Kier alpha value is -1.90. The molecule has 0 amide bonds. The third-order valence-corrected chi connectivity index (χ3v) is 2.62. The Balaban J connectivity index is 2.59. The van der Waals surface area contributed by atoms with Crippen molar-refractivity contribution in [3.05, 3.63) is 47.4 Å². The molecule has 0 unspecified atom stereocenters. The van der Waals surface area contributed by atoms with Gasteiger partial charge in [-0.1, -0.05) is 18.2 Å². The van der Waals surface area contributed by atoms with Gasteiger partial charge in [-0.2, -0.15) is 0 Å². The van der Waals surface area contributed by atoms with E-state index >= 15 is 0 Å². The van der Waals surface area contributed by atoms with Gasteiger partial charge in [0.05, 0.1) is 0 Å². The molecule has 2 N–H and O–H groups in total. The van der Waals surface area contributed by atoms with Crippen LogP contribution in [0.5, 0.6) is 0 Å². The third-order valence-electron chi connectivity index (χ3n) is 2.62. The molecule has 0 aliphatic carbocycles. The second kappa shape index (κ2) is 3.93. The molecule has 2 aromatic rings. The molecule has 82 valence electrons. The fourth-order valence-corrected chi connectivity index (χ4v) is 1.60. The Kier molecular flexibility index (Phi) is 2.60. The van der Waals surface area contributed by atoms with Crippen LogP contribution in [0, 0.1) is 19.7 Å².